The molecule has 0 aliphatic carbocycles. The van der Waals surface area contributed by atoms with Crippen molar-refractivity contribution in [3.05, 3.63) is 59.6 Å². The van der Waals surface area contributed by atoms with Crippen molar-refractivity contribution >= 4 is 17.4 Å². The predicted molar refractivity (Wildman–Crippen MR) is 126 cm³/mol. The third kappa shape index (κ3) is 4.74. The lowest BCUT2D eigenvalue weighted by atomic mass is 9.93. The molecule has 1 N–H and O–H groups in total. The van der Waals surface area contributed by atoms with Crippen molar-refractivity contribution in [1.29, 1.82) is 0 Å². The molecule has 3 aromatic rings. The van der Waals surface area contributed by atoms with Gasteiger partial charge in [0, 0.05) is 42.1 Å². The van der Waals surface area contributed by atoms with Gasteiger partial charge in [-0.1, -0.05) is 13.8 Å². The second-order valence-electron chi connectivity index (χ2n) is 9.73. The van der Waals surface area contributed by atoms with Crippen LogP contribution in [0.3, 0.4) is 0 Å². The molecule has 8 heteroatoms. The summed E-state index contributed by atoms with van der Waals surface area (Å²) < 4.78 is 30.6. The molecule has 1 amide bonds. The molecule has 0 bridgehead atoms. The van der Waals surface area contributed by atoms with Crippen LogP contribution in [0.5, 0.6) is 0 Å². The Hall–Kier alpha value is -3.29. The summed E-state index contributed by atoms with van der Waals surface area (Å²) in [5.41, 5.74) is 1.94. The number of benzene rings is 1. The molecule has 4 rings (SSSR count). The number of carbonyl (C=O) groups is 1. The van der Waals surface area contributed by atoms with Crippen LogP contribution in [0.15, 0.2) is 36.7 Å². The number of aromatic nitrogens is 3. The smallest absolute Gasteiger partial charge is 0.258 e. The average molecular weight is 454 g/mol. The Labute approximate surface area is 192 Å². The van der Waals surface area contributed by atoms with E-state index in [0.29, 0.717) is 28.3 Å². The number of carbonyl (C=O) groups excluding carboxylic acids is 1. The summed E-state index contributed by atoms with van der Waals surface area (Å²) in [6.45, 7) is 11.6. The normalized spacial score (nSPS) is 15.3. The summed E-state index contributed by atoms with van der Waals surface area (Å²) in [7, 11) is 0. The van der Waals surface area contributed by atoms with Crippen LogP contribution in [-0.4, -0.2) is 33.8 Å². The van der Waals surface area contributed by atoms with Gasteiger partial charge in [-0.2, -0.15) is 5.10 Å². The Morgan fingerprint density at radius 3 is 2.58 bits per heavy atom. The summed E-state index contributed by atoms with van der Waals surface area (Å²) in [4.78, 5) is 20.0. The lowest BCUT2D eigenvalue weighted by Crippen LogP contribution is -2.26. The van der Waals surface area contributed by atoms with Gasteiger partial charge in [0.2, 0.25) is 0 Å². The number of rotatable bonds is 5. The monoisotopic (exact) mass is 453 g/mol. The van der Waals surface area contributed by atoms with E-state index in [9.17, 15) is 13.6 Å². The molecule has 0 spiro atoms. The Balaban J connectivity index is 1.84. The van der Waals surface area contributed by atoms with Crippen LogP contribution in [0.2, 0.25) is 0 Å². The second-order valence-corrected chi connectivity index (χ2v) is 9.73. The van der Waals surface area contributed by atoms with Gasteiger partial charge in [0.05, 0.1) is 17.4 Å². The van der Waals surface area contributed by atoms with E-state index in [0.717, 1.165) is 37.7 Å². The van der Waals surface area contributed by atoms with Crippen LogP contribution in [-0.2, 0) is 0 Å². The van der Waals surface area contributed by atoms with E-state index >= 15 is 0 Å². The molecule has 0 radical (unpaired) electrons. The molecule has 1 aliphatic heterocycles. The molecule has 6 nitrogen and oxygen atoms in total. The van der Waals surface area contributed by atoms with Gasteiger partial charge in [0.25, 0.3) is 5.91 Å². The zero-order valence-corrected chi connectivity index (χ0v) is 19.6. The number of aryl methyl sites for hydroxylation is 1. The third-order valence-corrected chi connectivity index (χ3v) is 5.96. The first-order valence-corrected chi connectivity index (χ1v) is 11.1. The van der Waals surface area contributed by atoms with Crippen LogP contribution in [0.4, 0.5) is 20.3 Å². The summed E-state index contributed by atoms with van der Waals surface area (Å²) in [6, 6.07) is 5.10. The highest BCUT2D eigenvalue weighted by Gasteiger charge is 2.33. The lowest BCUT2D eigenvalue weighted by Gasteiger charge is -2.25. The molecule has 0 saturated carbocycles. The Morgan fingerprint density at radius 2 is 1.94 bits per heavy atom. The SMILES string of the molecule is Cc1cc(-c2cc(F)ccc2F)c(NC(=O)c2cnn(C(C)C)c2)c(N2CCC(C)(C)C2)n1. The number of anilines is 2. The first-order valence-electron chi connectivity index (χ1n) is 11.1. The second kappa shape index (κ2) is 8.57. The summed E-state index contributed by atoms with van der Waals surface area (Å²) >= 11 is 0. The molecule has 174 valence electrons. The number of pyridine rings is 1. The zero-order valence-electron chi connectivity index (χ0n) is 19.6. The Bertz CT molecular complexity index is 1200. The molecule has 0 unspecified atom stereocenters. The molecule has 1 fully saturated rings. The molecule has 1 saturated heterocycles. The van der Waals surface area contributed by atoms with Gasteiger partial charge < -0.3 is 10.2 Å². The Kier molecular flexibility index (Phi) is 5.95. The van der Waals surface area contributed by atoms with Gasteiger partial charge in [-0.05, 0) is 56.9 Å². The highest BCUT2D eigenvalue weighted by Crippen LogP contribution is 2.41. The quantitative estimate of drug-likeness (QED) is 0.546. The molecule has 1 aromatic carbocycles. The fourth-order valence-corrected chi connectivity index (χ4v) is 4.14. The minimum atomic E-state index is -0.571. The fourth-order valence-electron chi connectivity index (χ4n) is 4.14. The van der Waals surface area contributed by atoms with E-state index in [1.54, 1.807) is 16.9 Å². The van der Waals surface area contributed by atoms with E-state index in [4.69, 9.17) is 4.98 Å². The molecule has 33 heavy (non-hydrogen) atoms. The topological polar surface area (TPSA) is 63.1 Å². The standard InChI is InChI=1S/C25H29F2N5O/c1-15(2)32-13-17(12-28-32)24(33)30-22-20(19-11-18(26)6-7-21(19)27)10-16(3)29-23(22)31-9-8-25(4,5)14-31/h6-7,10-13,15H,8-9,14H2,1-5H3,(H,30,33). The molecule has 0 atom stereocenters. The molecule has 2 aromatic heterocycles. The van der Waals surface area contributed by atoms with E-state index in [1.807, 2.05) is 20.8 Å². The number of hydrogen-bond donors (Lipinski definition) is 1. The minimum absolute atomic E-state index is 0.0772. The van der Waals surface area contributed by atoms with Gasteiger partial charge in [0.15, 0.2) is 5.82 Å². The molecular formula is C25H29F2N5O. The van der Waals surface area contributed by atoms with E-state index in [2.05, 4.69) is 29.2 Å². The van der Waals surface area contributed by atoms with Crippen LogP contribution in [0.1, 0.15) is 56.2 Å². The highest BCUT2D eigenvalue weighted by atomic mass is 19.1. The van der Waals surface area contributed by atoms with Gasteiger partial charge in [0.1, 0.15) is 11.6 Å². The van der Waals surface area contributed by atoms with Gasteiger partial charge in [-0.3, -0.25) is 9.48 Å². The third-order valence-electron chi connectivity index (χ3n) is 5.96. The number of halogens is 2. The van der Waals surface area contributed by atoms with Crippen molar-refractivity contribution in [1.82, 2.24) is 14.8 Å². The van der Waals surface area contributed by atoms with E-state index in [1.165, 1.54) is 6.20 Å². The van der Waals surface area contributed by atoms with Crippen LogP contribution in [0, 0.1) is 24.0 Å². The van der Waals surface area contributed by atoms with E-state index < -0.39 is 11.6 Å². The minimum Gasteiger partial charge on any atom is -0.354 e. The lowest BCUT2D eigenvalue weighted by molar-refractivity contribution is 0.102. The summed E-state index contributed by atoms with van der Waals surface area (Å²) in [5.74, 6) is -0.952. The van der Waals surface area contributed by atoms with Crippen molar-refractivity contribution in [2.24, 2.45) is 5.41 Å². The van der Waals surface area contributed by atoms with Crippen LogP contribution < -0.4 is 10.2 Å². The first-order chi connectivity index (χ1) is 15.5. The van der Waals surface area contributed by atoms with Crippen molar-refractivity contribution in [2.75, 3.05) is 23.3 Å². The molecule has 3 heterocycles. The Morgan fingerprint density at radius 1 is 1.18 bits per heavy atom. The van der Waals surface area contributed by atoms with Gasteiger partial charge in [-0.25, -0.2) is 13.8 Å². The van der Waals surface area contributed by atoms with Crippen molar-refractivity contribution in [3.8, 4) is 11.1 Å². The fraction of sp³-hybridized carbons (Fsp3) is 0.400. The van der Waals surface area contributed by atoms with Crippen LogP contribution >= 0.6 is 0 Å². The van der Waals surface area contributed by atoms with Crippen molar-refractivity contribution in [2.45, 2.75) is 47.1 Å². The first kappa shape index (κ1) is 22.9. The maximum Gasteiger partial charge on any atom is 0.258 e. The molecular weight excluding hydrogens is 424 g/mol. The van der Waals surface area contributed by atoms with Crippen molar-refractivity contribution in [3.63, 3.8) is 0 Å². The predicted octanol–water partition coefficient (Wildman–Crippen LogP) is 5.60. The number of hydrogen-bond acceptors (Lipinski definition) is 4. The van der Waals surface area contributed by atoms with E-state index in [-0.39, 0.29) is 22.9 Å². The van der Waals surface area contributed by atoms with Crippen LogP contribution in [0.25, 0.3) is 11.1 Å². The van der Waals surface area contributed by atoms with Gasteiger partial charge >= 0.3 is 0 Å². The maximum absolute atomic E-state index is 14.8. The zero-order chi connectivity index (χ0) is 23.9. The summed E-state index contributed by atoms with van der Waals surface area (Å²) in [6.07, 6.45) is 4.13. The largest absolute Gasteiger partial charge is 0.354 e. The average Bonchev–Trinajstić information content (AvgIpc) is 3.37. The molecule has 1 aliphatic rings. The van der Waals surface area contributed by atoms with Crippen molar-refractivity contribution < 1.29 is 13.6 Å². The van der Waals surface area contributed by atoms with Gasteiger partial charge in [-0.15, -0.1) is 0 Å². The number of amides is 1. The highest BCUT2D eigenvalue weighted by molar-refractivity contribution is 6.08. The number of nitrogens with one attached hydrogen (secondary N) is 1. The maximum atomic E-state index is 14.8. The summed E-state index contributed by atoms with van der Waals surface area (Å²) in [5, 5.41) is 7.18. The number of nitrogens with zero attached hydrogens (tertiary/aromatic N) is 4.